The van der Waals surface area contributed by atoms with Gasteiger partial charge in [-0.3, -0.25) is 10.2 Å². The quantitative estimate of drug-likeness (QED) is 0.414. The molecule has 4 heterocycles. The number of benzene rings is 2. The first kappa shape index (κ1) is 23.0. The van der Waals surface area contributed by atoms with Crippen molar-refractivity contribution in [2.45, 2.75) is 12.8 Å². The second kappa shape index (κ2) is 9.21. The molecule has 37 heavy (non-hydrogen) atoms. The van der Waals surface area contributed by atoms with Crippen molar-refractivity contribution in [2.75, 3.05) is 31.5 Å². The maximum absolute atomic E-state index is 13.3. The smallest absolute Gasteiger partial charge is 0.457 e. The van der Waals surface area contributed by atoms with E-state index in [-0.39, 0.29) is 17.5 Å². The first-order chi connectivity index (χ1) is 17.9. The lowest BCUT2D eigenvalue weighted by Crippen LogP contribution is -2.49. The van der Waals surface area contributed by atoms with Crippen molar-refractivity contribution in [3.63, 3.8) is 0 Å². The number of anilines is 1. The molecule has 190 valence electrons. The van der Waals surface area contributed by atoms with E-state index in [4.69, 9.17) is 9.26 Å². The van der Waals surface area contributed by atoms with Crippen LogP contribution in [0.15, 0.2) is 65.3 Å². The van der Waals surface area contributed by atoms with E-state index in [1.165, 1.54) is 12.1 Å². The van der Waals surface area contributed by atoms with Crippen molar-refractivity contribution in [1.29, 1.82) is 0 Å². The Bertz CT molecular complexity index is 1450. The van der Waals surface area contributed by atoms with Crippen molar-refractivity contribution in [3.8, 4) is 23.0 Å². The number of ether oxygens (including phenoxy) is 3. The molecule has 2 aliphatic heterocycles. The monoisotopic (exact) mass is 509 g/mol. The van der Waals surface area contributed by atoms with Gasteiger partial charge in [-0.15, -0.1) is 8.78 Å². The van der Waals surface area contributed by atoms with Gasteiger partial charge in [0.05, 0.1) is 5.39 Å². The molecule has 0 atom stereocenters. The lowest BCUT2D eigenvalue weighted by Gasteiger charge is -2.34. The molecule has 2 aliphatic rings. The number of halogens is 2. The third-order valence-corrected chi connectivity index (χ3v) is 6.05. The summed E-state index contributed by atoms with van der Waals surface area (Å²) in [6.07, 6.45) is -2.07. The van der Waals surface area contributed by atoms with Crippen LogP contribution < -0.4 is 19.5 Å². The van der Waals surface area contributed by atoms with Gasteiger partial charge in [0, 0.05) is 45.0 Å². The highest BCUT2D eigenvalue weighted by atomic mass is 19.3. The largest absolute Gasteiger partial charge is 0.586 e. The van der Waals surface area contributed by atoms with Gasteiger partial charge < -0.3 is 23.6 Å². The second-order valence-electron chi connectivity index (χ2n) is 8.61. The Morgan fingerprint density at radius 1 is 1.00 bits per heavy atom. The van der Waals surface area contributed by atoms with Gasteiger partial charge >= 0.3 is 12.3 Å². The molecule has 0 bridgehead atoms. The van der Waals surface area contributed by atoms with E-state index in [0.29, 0.717) is 61.1 Å². The van der Waals surface area contributed by atoms with Crippen LogP contribution in [-0.2, 0) is 6.54 Å². The standard InChI is InChI=1S/C25H21F2N5O5/c26-25(27)35-20-7-6-18(14-21(20)36-25)34-17-4-1-3-16(13-17)15-31-9-11-32(12-10-31)24(33)29-22-19-5-2-8-28-23(19)37-30-22/h1-8,13-14H,9-12,15H2,(H,29,30,33). The lowest BCUT2D eigenvalue weighted by molar-refractivity contribution is -0.286. The van der Waals surface area contributed by atoms with Crippen LogP contribution in [0.4, 0.5) is 19.4 Å². The number of fused-ring (bicyclic) bond motifs is 2. The molecule has 10 nitrogen and oxygen atoms in total. The first-order valence-electron chi connectivity index (χ1n) is 11.6. The normalized spacial score (nSPS) is 16.6. The number of carbonyl (C=O) groups excluding carboxylic acids is 1. The van der Waals surface area contributed by atoms with Gasteiger partial charge in [-0.05, 0) is 42.0 Å². The van der Waals surface area contributed by atoms with Crippen molar-refractivity contribution in [1.82, 2.24) is 19.9 Å². The van der Waals surface area contributed by atoms with E-state index in [9.17, 15) is 13.6 Å². The summed E-state index contributed by atoms with van der Waals surface area (Å²) < 4.78 is 46.4. The Hall–Kier alpha value is -4.45. The molecule has 1 saturated heterocycles. The summed E-state index contributed by atoms with van der Waals surface area (Å²) in [6.45, 7) is 3.15. The maximum atomic E-state index is 13.3. The van der Waals surface area contributed by atoms with Crippen molar-refractivity contribution >= 4 is 22.9 Å². The molecule has 2 aromatic carbocycles. The minimum atomic E-state index is -3.67. The molecule has 0 unspecified atom stereocenters. The summed E-state index contributed by atoms with van der Waals surface area (Å²) in [6, 6.07) is 15.1. The number of nitrogens with zero attached hydrogens (tertiary/aromatic N) is 4. The van der Waals surface area contributed by atoms with Crippen LogP contribution in [0.25, 0.3) is 11.1 Å². The fraction of sp³-hybridized carbons (Fsp3) is 0.240. The fourth-order valence-electron chi connectivity index (χ4n) is 4.26. The Balaban J connectivity index is 1.03. The zero-order valence-electron chi connectivity index (χ0n) is 19.4. The number of piperazine rings is 1. The van der Waals surface area contributed by atoms with Gasteiger partial charge in [0.2, 0.25) is 0 Å². The van der Waals surface area contributed by atoms with Crippen LogP contribution in [-0.4, -0.2) is 58.4 Å². The second-order valence-corrected chi connectivity index (χ2v) is 8.61. The number of pyridine rings is 1. The summed E-state index contributed by atoms with van der Waals surface area (Å²) in [5.74, 6) is 1.16. The van der Waals surface area contributed by atoms with Crippen LogP contribution in [0.3, 0.4) is 0 Å². The molecule has 6 rings (SSSR count). The fourth-order valence-corrected chi connectivity index (χ4v) is 4.26. The topological polar surface area (TPSA) is 102 Å². The maximum Gasteiger partial charge on any atom is 0.586 e. The molecular weight excluding hydrogens is 488 g/mol. The third-order valence-electron chi connectivity index (χ3n) is 6.05. The van der Waals surface area contributed by atoms with Crippen LogP contribution >= 0.6 is 0 Å². The minimum absolute atomic E-state index is 0.0367. The number of nitrogens with one attached hydrogen (secondary N) is 1. The number of hydrogen-bond acceptors (Lipinski definition) is 8. The number of alkyl halides is 2. The third kappa shape index (κ3) is 4.96. The van der Waals surface area contributed by atoms with E-state index in [1.54, 1.807) is 35.4 Å². The zero-order chi connectivity index (χ0) is 25.4. The highest BCUT2D eigenvalue weighted by Gasteiger charge is 2.43. The average Bonchev–Trinajstić information content (AvgIpc) is 3.43. The van der Waals surface area contributed by atoms with Crippen molar-refractivity contribution < 1.29 is 32.3 Å². The SMILES string of the molecule is O=C(Nc1noc2ncccc12)N1CCN(Cc2cccc(Oc3ccc4c(c3)OC(F)(F)O4)c2)CC1. The van der Waals surface area contributed by atoms with Gasteiger partial charge in [-0.1, -0.05) is 17.3 Å². The number of hydrogen-bond donors (Lipinski definition) is 1. The molecule has 0 aliphatic carbocycles. The van der Waals surface area contributed by atoms with E-state index in [0.717, 1.165) is 5.56 Å². The number of urea groups is 1. The molecule has 2 aromatic heterocycles. The highest BCUT2D eigenvalue weighted by Crippen LogP contribution is 2.43. The Kier molecular flexibility index (Phi) is 5.72. The van der Waals surface area contributed by atoms with Crippen LogP contribution in [0, 0.1) is 0 Å². The molecular formula is C25H21F2N5O5. The summed E-state index contributed by atoms with van der Waals surface area (Å²) in [7, 11) is 0. The van der Waals surface area contributed by atoms with E-state index >= 15 is 0 Å². The van der Waals surface area contributed by atoms with Crippen LogP contribution in [0.2, 0.25) is 0 Å². The highest BCUT2D eigenvalue weighted by molar-refractivity contribution is 5.97. The summed E-state index contributed by atoms with van der Waals surface area (Å²) in [5.41, 5.74) is 1.39. The molecule has 2 amide bonds. The van der Waals surface area contributed by atoms with Gasteiger partial charge in [0.1, 0.15) is 11.5 Å². The number of amides is 2. The van der Waals surface area contributed by atoms with Crippen molar-refractivity contribution in [2.24, 2.45) is 0 Å². The molecule has 0 radical (unpaired) electrons. The number of rotatable bonds is 5. The Morgan fingerprint density at radius 2 is 1.81 bits per heavy atom. The Morgan fingerprint density at radius 3 is 2.68 bits per heavy atom. The predicted molar refractivity (Wildman–Crippen MR) is 127 cm³/mol. The van der Waals surface area contributed by atoms with Gasteiger partial charge in [-0.2, -0.15) is 0 Å². The van der Waals surface area contributed by atoms with E-state index in [1.807, 2.05) is 18.2 Å². The summed E-state index contributed by atoms with van der Waals surface area (Å²) in [5, 5.41) is 7.34. The van der Waals surface area contributed by atoms with Gasteiger partial charge in [-0.25, -0.2) is 9.78 Å². The lowest BCUT2D eigenvalue weighted by atomic mass is 10.2. The summed E-state index contributed by atoms with van der Waals surface area (Å²) in [4.78, 5) is 20.8. The molecule has 12 heteroatoms. The number of carbonyl (C=O) groups is 1. The minimum Gasteiger partial charge on any atom is -0.457 e. The van der Waals surface area contributed by atoms with E-state index < -0.39 is 6.29 Å². The van der Waals surface area contributed by atoms with Crippen LogP contribution in [0.5, 0.6) is 23.0 Å². The van der Waals surface area contributed by atoms with Gasteiger partial charge in [0.15, 0.2) is 17.3 Å². The van der Waals surface area contributed by atoms with Crippen molar-refractivity contribution in [3.05, 3.63) is 66.4 Å². The molecule has 0 saturated carbocycles. The first-order valence-corrected chi connectivity index (χ1v) is 11.6. The molecule has 4 aromatic rings. The van der Waals surface area contributed by atoms with Crippen LogP contribution in [0.1, 0.15) is 5.56 Å². The molecule has 0 spiro atoms. The Labute approximate surface area is 209 Å². The number of aromatic nitrogens is 2. The van der Waals surface area contributed by atoms with Gasteiger partial charge in [0.25, 0.3) is 5.71 Å². The zero-order valence-corrected chi connectivity index (χ0v) is 19.4. The molecule has 1 fully saturated rings. The van der Waals surface area contributed by atoms with E-state index in [2.05, 4.69) is 29.8 Å². The summed E-state index contributed by atoms with van der Waals surface area (Å²) >= 11 is 0. The predicted octanol–water partition coefficient (Wildman–Crippen LogP) is 4.69. The molecule has 1 N–H and O–H groups in total. The average molecular weight is 509 g/mol.